The Morgan fingerprint density at radius 2 is 0.807 bits per heavy atom. The molecule has 0 saturated carbocycles. The van der Waals surface area contributed by atoms with Gasteiger partial charge in [0, 0.05) is 56.8 Å². The predicted molar refractivity (Wildman–Crippen MR) is 252 cm³/mol. The first-order chi connectivity index (χ1) is 38.2. The minimum absolute atomic E-state index is 0.104. The number of hydrogen-bond donors (Lipinski definition) is 0. The zero-order valence-electron chi connectivity index (χ0n) is 41.5. The van der Waals surface area contributed by atoms with E-state index < -0.39 is 193 Å². The van der Waals surface area contributed by atoms with Crippen molar-refractivity contribution in [3.05, 3.63) is 177 Å². The quantitative estimate of drug-likeness (QED) is 0.0778. The summed E-state index contributed by atoms with van der Waals surface area (Å²) in [7, 11) is -17.7. The monoisotopic (exact) mass is 1240 g/mol. The number of halogens is 16. The molecule has 0 fully saturated rings. The smallest absolute Gasteiger partial charge is 0.262 e. The Morgan fingerprint density at radius 3 is 1.12 bits per heavy atom. The molecule has 0 spiro atoms. The van der Waals surface area contributed by atoms with Gasteiger partial charge in [-0.2, -0.15) is 94.6 Å². The molecular formula is C49H33F16N9O6S3. The van der Waals surface area contributed by atoms with Gasteiger partial charge in [0.05, 0.1) is 27.8 Å². The number of pyridine rings is 3. The molecular weight excluding hydrogens is 1210 g/mol. The van der Waals surface area contributed by atoms with E-state index in [0.29, 0.717) is 55.0 Å². The van der Waals surface area contributed by atoms with Gasteiger partial charge in [-0.3, -0.25) is 15.0 Å². The molecule has 6 rings (SSSR count). The van der Waals surface area contributed by atoms with E-state index in [1.165, 1.54) is 18.2 Å². The van der Waals surface area contributed by atoms with Crippen molar-refractivity contribution in [2.75, 3.05) is 6.54 Å². The van der Waals surface area contributed by atoms with Gasteiger partial charge in [-0.1, -0.05) is 43.3 Å². The molecule has 34 heteroatoms. The summed E-state index contributed by atoms with van der Waals surface area (Å²) in [4.78, 5) is 6.51. The summed E-state index contributed by atoms with van der Waals surface area (Å²) in [5.41, 5.74) is -15.4. The summed E-state index contributed by atoms with van der Waals surface area (Å²) in [6, 6.07) is -5.25. The Kier molecular flexibility index (Phi) is 18.2. The SMILES string of the molecule is CCN([C@H](c1ccc(CN([C@@H](c2ccc(CN([C@H](c3ccc(F)c(C)c3)C(F)(F)F)S(=O)(=O)c3cncc(C#N)c3)cc2C(F)(F)F)C(F)(F)F)S(=O)(=O)c2cncc(C#N)c2)cc1C(F)(F)F)C(F)(F)F)S(=O)(=O)c1cncc(C#N)c1. The fraction of sp³-hybridized carbons (Fsp3) is 0.265. The van der Waals surface area contributed by atoms with E-state index in [0.717, 1.165) is 26.2 Å². The molecule has 3 heterocycles. The van der Waals surface area contributed by atoms with E-state index in [9.17, 15) is 45.4 Å². The lowest BCUT2D eigenvalue weighted by Gasteiger charge is -2.35. The first kappa shape index (κ1) is 64.4. The number of benzene rings is 3. The second-order valence-electron chi connectivity index (χ2n) is 17.6. The zero-order valence-corrected chi connectivity index (χ0v) is 43.9. The number of sulfonamides is 3. The van der Waals surface area contributed by atoms with Crippen LogP contribution in [0.25, 0.3) is 0 Å². The Balaban J connectivity index is 1.62. The van der Waals surface area contributed by atoms with Crippen LogP contribution < -0.4 is 0 Å². The van der Waals surface area contributed by atoms with Crippen molar-refractivity contribution in [3.63, 3.8) is 0 Å². The van der Waals surface area contributed by atoms with Crippen molar-refractivity contribution in [2.45, 2.75) is 90.6 Å². The van der Waals surface area contributed by atoms with E-state index in [-0.39, 0.29) is 42.6 Å². The van der Waals surface area contributed by atoms with Crippen LogP contribution in [0.1, 0.15) is 86.2 Å². The van der Waals surface area contributed by atoms with Crippen LogP contribution in [0.3, 0.4) is 0 Å². The zero-order chi connectivity index (χ0) is 62.2. The van der Waals surface area contributed by atoms with Crippen molar-refractivity contribution in [2.24, 2.45) is 0 Å². The normalized spacial score (nSPS) is 14.2. The van der Waals surface area contributed by atoms with Crippen molar-refractivity contribution in [3.8, 4) is 18.2 Å². The number of nitriles is 3. The van der Waals surface area contributed by atoms with E-state index in [1.807, 2.05) is 0 Å². The highest BCUT2D eigenvalue weighted by molar-refractivity contribution is 7.89. The maximum absolute atomic E-state index is 15.9. The summed E-state index contributed by atoms with van der Waals surface area (Å²) in [6.45, 7) is -3.68. The van der Waals surface area contributed by atoms with Gasteiger partial charge in [-0.05, 0) is 76.7 Å². The van der Waals surface area contributed by atoms with Gasteiger partial charge in [0.15, 0.2) is 0 Å². The van der Waals surface area contributed by atoms with Crippen LogP contribution in [0.2, 0.25) is 0 Å². The van der Waals surface area contributed by atoms with Crippen LogP contribution in [0.15, 0.2) is 125 Å². The predicted octanol–water partition coefficient (Wildman–Crippen LogP) is 11.3. The number of nitrogens with zero attached hydrogens (tertiary/aromatic N) is 9. The van der Waals surface area contributed by atoms with Crippen molar-refractivity contribution in [1.82, 2.24) is 27.9 Å². The fourth-order valence-corrected chi connectivity index (χ4v) is 13.2. The maximum atomic E-state index is 15.9. The average molecular weight is 1240 g/mol. The third-order valence-electron chi connectivity index (χ3n) is 12.1. The Bertz CT molecular complexity index is 3930. The second-order valence-corrected chi connectivity index (χ2v) is 23.2. The van der Waals surface area contributed by atoms with Crippen molar-refractivity contribution < 1.29 is 95.5 Å². The highest BCUT2D eigenvalue weighted by atomic mass is 32.2. The number of aromatic nitrogens is 3. The highest BCUT2D eigenvalue weighted by Crippen LogP contribution is 2.50. The molecule has 0 saturated heterocycles. The molecule has 440 valence electrons. The highest BCUT2D eigenvalue weighted by Gasteiger charge is 2.55. The largest absolute Gasteiger partial charge is 0.416 e. The molecule has 3 aromatic carbocycles. The maximum Gasteiger partial charge on any atom is 0.416 e. The third-order valence-corrected chi connectivity index (χ3v) is 17.5. The van der Waals surface area contributed by atoms with Gasteiger partial charge in [-0.25, -0.2) is 29.6 Å². The molecule has 15 nitrogen and oxygen atoms in total. The van der Waals surface area contributed by atoms with E-state index >= 15 is 65.9 Å². The molecule has 83 heavy (non-hydrogen) atoms. The van der Waals surface area contributed by atoms with Crippen LogP contribution in [0.5, 0.6) is 0 Å². The van der Waals surface area contributed by atoms with Gasteiger partial charge in [0.1, 0.15) is 56.8 Å². The number of aryl methyl sites for hydroxylation is 1. The standard InChI is InChI=1S/C49H33F16N9O6S3/c1-3-72(81(75,76)34-11-30(16-66)19-69-22-34)43(48(60,61)62)37-7-4-29(15-39(37)45(51,52)53)26-74(83(79,80)36-13-32(18-68)21-71-24-36)44(49(63,64)65)38-8-5-28(14-40(38)46(54,55)56)25-73(82(77,78)35-12-31(17-67)20-70-23-35)42(47(57,58)59)33-6-9-41(50)27(2)10-33/h4-15,19-24,42-44H,3,25-26H2,1-2H3/t42-,43-,44+/m1/s1. The van der Waals surface area contributed by atoms with Gasteiger partial charge in [0.2, 0.25) is 30.1 Å². The molecule has 0 aliphatic heterocycles. The molecule has 3 atom stereocenters. The molecule has 6 aromatic rings. The summed E-state index contributed by atoms with van der Waals surface area (Å²) < 4.78 is 329. The minimum Gasteiger partial charge on any atom is -0.262 e. The van der Waals surface area contributed by atoms with Gasteiger partial charge < -0.3 is 0 Å². The Labute approximate surface area is 460 Å². The minimum atomic E-state index is -6.40. The van der Waals surface area contributed by atoms with Gasteiger partial charge >= 0.3 is 30.9 Å². The van der Waals surface area contributed by atoms with Crippen LogP contribution in [0.4, 0.5) is 70.2 Å². The fourth-order valence-electron chi connectivity index (χ4n) is 8.47. The first-order valence-electron chi connectivity index (χ1n) is 22.7. The number of rotatable bonds is 17. The lowest BCUT2D eigenvalue weighted by atomic mass is 9.95. The first-order valence-corrected chi connectivity index (χ1v) is 27.0. The molecule has 0 N–H and O–H groups in total. The molecule has 0 aliphatic rings. The Morgan fingerprint density at radius 1 is 0.470 bits per heavy atom. The van der Waals surface area contributed by atoms with Crippen LogP contribution in [0, 0.1) is 46.7 Å². The lowest BCUT2D eigenvalue weighted by Crippen LogP contribution is -2.44. The van der Waals surface area contributed by atoms with Crippen LogP contribution in [-0.4, -0.2) is 78.2 Å². The van der Waals surface area contributed by atoms with Crippen molar-refractivity contribution in [1.29, 1.82) is 15.8 Å². The molecule has 0 bridgehead atoms. The van der Waals surface area contributed by atoms with E-state index in [2.05, 4.69) is 15.0 Å². The van der Waals surface area contributed by atoms with E-state index in [4.69, 9.17) is 0 Å². The summed E-state index contributed by atoms with van der Waals surface area (Å²) in [6.07, 6.45) is -27.2. The molecule has 3 aromatic heterocycles. The Hall–Kier alpha value is -7.81. The number of hydrogen-bond acceptors (Lipinski definition) is 12. The summed E-state index contributed by atoms with van der Waals surface area (Å²) in [5, 5.41) is 28.1. The number of alkyl halides is 15. The second kappa shape index (κ2) is 23.4. The van der Waals surface area contributed by atoms with E-state index in [1.54, 1.807) is 0 Å². The summed E-state index contributed by atoms with van der Waals surface area (Å²) in [5.74, 6) is -1.12. The average Bonchev–Trinajstić information content (AvgIpc) is 2.99. The van der Waals surface area contributed by atoms with Gasteiger partial charge in [-0.15, -0.1) is 0 Å². The third kappa shape index (κ3) is 13.8. The topological polar surface area (TPSA) is 222 Å². The van der Waals surface area contributed by atoms with Crippen molar-refractivity contribution >= 4 is 30.1 Å². The molecule has 0 amide bonds. The van der Waals surface area contributed by atoms with Gasteiger partial charge in [0.25, 0.3) is 0 Å². The summed E-state index contributed by atoms with van der Waals surface area (Å²) >= 11 is 0. The molecule has 0 unspecified atom stereocenters. The lowest BCUT2D eigenvalue weighted by molar-refractivity contribution is -0.179. The molecule has 0 radical (unpaired) electrons. The van der Waals surface area contributed by atoms with Crippen LogP contribution in [-0.2, 0) is 55.5 Å². The molecule has 0 aliphatic carbocycles. The van der Waals surface area contributed by atoms with Crippen LogP contribution >= 0.6 is 0 Å².